The number of carbonyl (C=O) groups is 2. The van der Waals surface area contributed by atoms with E-state index in [1.165, 1.54) is 6.92 Å². The number of nitrogens with zero attached hydrogens (tertiary/aromatic N) is 4. The van der Waals surface area contributed by atoms with Crippen molar-refractivity contribution in [1.29, 1.82) is 5.26 Å². The monoisotopic (exact) mass is 581 g/mol. The van der Waals surface area contributed by atoms with Crippen molar-refractivity contribution >= 4 is 29.5 Å². The maximum absolute atomic E-state index is 14.3. The van der Waals surface area contributed by atoms with Gasteiger partial charge >= 0.3 is 6.09 Å². The van der Waals surface area contributed by atoms with Gasteiger partial charge in [-0.05, 0) is 64.8 Å². The van der Waals surface area contributed by atoms with Crippen LogP contribution in [0, 0.1) is 23.2 Å². The van der Waals surface area contributed by atoms with Gasteiger partial charge < -0.3 is 20.7 Å². The van der Waals surface area contributed by atoms with E-state index in [1.54, 1.807) is 51.2 Å². The number of likely N-dealkylation sites (tertiary alicyclic amines) is 1. The summed E-state index contributed by atoms with van der Waals surface area (Å²) in [7, 11) is 0. The second-order valence-electron chi connectivity index (χ2n) is 11.2. The number of alkyl halides is 2. The number of nitrogens with one attached hydrogen (secondary N) is 3. The molecule has 0 radical (unpaired) electrons. The molecule has 2 heterocycles. The molecule has 42 heavy (non-hydrogen) atoms. The van der Waals surface area contributed by atoms with Gasteiger partial charge in [-0.25, -0.2) is 18.6 Å². The molecular weight excluding hydrogens is 544 g/mol. The zero-order valence-corrected chi connectivity index (χ0v) is 24.6. The first-order chi connectivity index (χ1) is 19.8. The highest BCUT2D eigenvalue weighted by atomic mass is 19.3. The molecule has 2 amide bonds. The second kappa shape index (κ2) is 13.5. The molecule has 0 spiro atoms. The molecular formula is C30H37F2N7O3. The van der Waals surface area contributed by atoms with Crippen LogP contribution in [0.25, 0.3) is 0 Å². The van der Waals surface area contributed by atoms with Crippen LogP contribution < -0.4 is 16.0 Å². The van der Waals surface area contributed by atoms with Crippen molar-refractivity contribution in [2.45, 2.75) is 77.4 Å². The Morgan fingerprint density at radius 1 is 1.19 bits per heavy atom. The number of hydrogen-bond donors (Lipinski definition) is 3. The maximum atomic E-state index is 14.3. The summed E-state index contributed by atoms with van der Waals surface area (Å²) < 4.78 is 33.8. The van der Waals surface area contributed by atoms with E-state index in [0.717, 1.165) is 17.0 Å². The van der Waals surface area contributed by atoms with Crippen molar-refractivity contribution in [2.75, 3.05) is 30.3 Å². The molecule has 2 aromatic rings. The minimum atomic E-state index is -3.20. The highest BCUT2D eigenvalue weighted by Crippen LogP contribution is 2.40. The van der Waals surface area contributed by atoms with E-state index in [1.807, 2.05) is 6.92 Å². The van der Waals surface area contributed by atoms with Gasteiger partial charge in [-0.3, -0.25) is 9.69 Å². The van der Waals surface area contributed by atoms with Gasteiger partial charge in [-0.15, -0.1) is 0 Å². The van der Waals surface area contributed by atoms with Gasteiger partial charge in [0.05, 0.1) is 29.9 Å². The van der Waals surface area contributed by atoms with Gasteiger partial charge in [-0.2, -0.15) is 10.2 Å². The first-order valence-electron chi connectivity index (χ1n) is 13.8. The molecule has 1 atom stereocenters. The van der Waals surface area contributed by atoms with Crippen LogP contribution in [0.3, 0.4) is 0 Å². The number of halogens is 2. The van der Waals surface area contributed by atoms with Crippen LogP contribution in [-0.2, 0) is 9.53 Å². The zero-order valence-electron chi connectivity index (χ0n) is 24.6. The number of carbonyl (C=O) groups excluding carboxylic acids is 2. The van der Waals surface area contributed by atoms with Crippen LogP contribution >= 0.6 is 0 Å². The maximum Gasteiger partial charge on any atom is 0.411 e. The number of benzene rings is 1. The largest absolute Gasteiger partial charge is 0.444 e. The molecule has 224 valence electrons. The summed E-state index contributed by atoms with van der Waals surface area (Å²) in [4.78, 5) is 35.2. The van der Waals surface area contributed by atoms with E-state index < -0.39 is 42.0 Å². The molecule has 1 aromatic carbocycles. The van der Waals surface area contributed by atoms with Crippen LogP contribution in [0.5, 0.6) is 0 Å². The fourth-order valence-corrected chi connectivity index (χ4v) is 4.24. The molecule has 3 N–H and O–H groups in total. The van der Waals surface area contributed by atoms with E-state index >= 15 is 0 Å². The molecule has 0 bridgehead atoms. The Labute approximate surface area is 245 Å². The van der Waals surface area contributed by atoms with E-state index in [4.69, 9.17) is 10.00 Å². The summed E-state index contributed by atoms with van der Waals surface area (Å²) in [5.41, 5.74) is -0.729. The summed E-state index contributed by atoms with van der Waals surface area (Å²) in [6.07, 6.45) is 1.64. The van der Waals surface area contributed by atoms with Crippen molar-refractivity contribution in [3.63, 3.8) is 0 Å². The topological polar surface area (TPSA) is 132 Å². The number of rotatable bonds is 9. The van der Waals surface area contributed by atoms with Gasteiger partial charge in [0.1, 0.15) is 17.0 Å². The average Bonchev–Trinajstić information content (AvgIpc) is 3.19. The number of anilines is 3. The highest BCUT2D eigenvalue weighted by molar-refractivity contribution is 5.90. The van der Waals surface area contributed by atoms with Crippen LogP contribution in [-0.4, -0.2) is 63.6 Å². The third-order valence-corrected chi connectivity index (χ3v) is 6.28. The fraction of sp³-hybridized carbons (Fsp3) is 0.500. The Balaban J connectivity index is 1.59. The average molecular weight is 582 g/mol. The van der Waals surface area contributed by atoms with Gasteiger partial charge in [0, 0.05) is 31.6 Å². The molecule has 0 aliphatic carbocycles. The molecule has 0 unspecified atom stereocenters. The van der Waals surface area contributed by atoms with Crippen molar-refractivity contribution in [2.24, 2.45) is 0 Å². The molecule has 10 nitrogen and oxygen atoms in total. The predicted octanol–water partition coefficient (Wildman–Crippen LogP) is 5.20. The van der Waals surface area contributed by atoms with Gasteiger partial charge in [0.15, 0.2) is 0 Å². The Bertz CT molecular complexity index is 1370. The summed E-state index contributed by atoms with van der Waals surface area (Å²) >= 11 is 0. The molecule has 1 aliphatic heterocycles. The lowest BCUT2D eigenvalue weighted by Gasteiger charge is -2.34. The number of hydrogen-bond acceptors (Lipinski definition) is 8. The molecule has 1 aliphatic rings. The standard InChI is InChI=1S/C30H37F2N7O3/c1-6-15-34-24-22(18-36-26(38-24)37-23-13-11-21(17-33)12-14-23)10-8-7-9-16-35-25(40)29(5)19-30(31,32)20-39(29)27(41)42-28(2,3)4/h11-14,18H,6-7,9,15-16,19-20H2,1-5H3,(H,35,40)(H2,34,36,37,38)/t29-/m0/s1. The summed E-state index contributed by atoms with van der Waals surface area (Å²) in [6, 6.07) is 9.00. The smallest absolute Gasteiger partial charge is 0.411 e. The minimum absolute atomic E-state index is 0.196. The Morgan fingerprint density at radius 2 is 1.90 bits per heavy atom. The molecule has 1 fully saturated rings. The summed E-state index contributed by atoms with van der Waals surface area (Å²) in [5, 5.41) is 18.0. The van der Waals surface area contributed by atoms with Crippen molar-refractivity contribution in [3.8, 4) is 17.9 Å². The third kappa shape index (κ3) is 8.77. The van der Waals surface area contributed by atoms with Crippen molar-refractivity contribution < 1.29 is 23.1 Å². The Hall–Kier alpha value is -4.45. The Morgan fingerprint density at radius 3 is 2.55 bits per heavy atom. The number of amides is 2. The lowest BCUT2D eigenvalue weighted by atomic mass is 9.96. The normalized spacial score (nSPS) is 17.4. The fourth-order valence-electron chi connectivity index (χ4n) is 4.24. The molecule has 0 saturated carbocycles. The SMILES string of the molecule is CCCNc1nc(Nc2ccc(C#N)cc2)ncc1C#CCCCNC(=O)[C@]1(C)CC(F)(F)CN1C(=O)OC(C)(C)C. The summed E-state index contributed by atoms with van der Waals surface area (Å²) in [6.45, 7) is 8.27. The lowest BCUT2D eigenvalue weighted by molar-refractivity contribution is -0.131. The Kier molecular flexibility index (Phi) is 10.3. The van der Waals surface area contributed by atoms with Gasteiger partial charge in [-0.1, -0.05) is 18.8 Å². The summed E-state index contributed by atoms with van der Waals surface area (Å²) in [5.74, 6) is 3.17. The first kappa shape index (κ1) is 32.1. The highest BCUT2D eigenvalue weighted by Gasteiger charge is 2.58. The van der Waals surface area contributed by atoms with Crippen LogP contribution in [0.15, 0.2) is 30.5 Å². The van der Waals surface area contributed by atoms with Crippen LogP contribution in [0.1, 0.15) is 71.4 Å². The molecule has 1 aromatic heterocycles. The third-order valence-electron chi connectivity index (χ3n) is 6.28. The van der Waals surface area contributed by atoms with E-state index in [-0.39, 0.29) is 6.54 Å². The molecule has 12 heteroatoms. The van der Waals surface area contributed by atoms with E-state index in [2.05, 4.69) is 43.8 Å². The molecule has 1 saturated heterocycles. The van der Waals surface area contributed by atoms with Crippen LogP contribution in [0.4, 0.5) is 31.0 Å². The molecule has 3 rings (SSSR count). The zero-order chi connectivity index (χ0) is 31.0. The van der Waals surface area contributed by atoms with E-state index in [9.17, 15) is 18.4 Å². The lowest BCUT2D eigenvalue weighted by Crippen LogP contribution is -2.56. The van der Waals surface area contributed by atoms with Crippen molar-refractivity contribution in [1.82, 2.24) is 20.2 Å². The van der Waals surface area contributed by atoms with Gasteiger partial charge in [0.2, 0.25) is 11.9 Å². The van der Waals surface area contributed by atoms with E-state index in [0.29, 0.717) is 42.3 Å². The number of aromatic nitrogens is 2. The minimum Gasteiger partial charge on any atom is -0.444 e. The number of unbranched alkanes of at least 4 members (excludes halogenated alkanes) is 1. The first-order valence-corrected chi connectivity index (χ1v) is 13.8. The van der Waals surface area contributed by atoms with Crippen molar-refractivity contribution in [3.05, 3.63) is 41.6 Å². The quantitative estimate of drug-likeness (QED) is 0.272. The van der Waals surface area contributed by atoms with Gasteiger partial charge in [0.25, 0.3) is 5.92 Å². The van der Waals surface area contributed by atoms with Crippen LogP contribution in [0.2, 0.25) is 0 Å². The number of nitriles is 1. The second-order valence-corrected chi connectivity index (χ2v) is 11.2. The predicted molar refractivity (Wildman–Crippen MR) is 155 cm³/mol. The number of ether oxygens (including phenoxy) is 1.